The van der Waals surface area contributed by atoms with Crippen molar-refractivity contribution in [3.8, 4) is 0 Å². The second-order valence-corrected chi connectivity index (χ2v) is 5.68. The zero-order valence-electron chi connectivity index (χ0n) is 13.0. The number of benzene rings is 1. The molecule has 2 amide bonds. The number of nitrogens with zero attached hydrogens (tertiary/aromatic N) is 3. The van der Waals surface area contributed by atoms with Crippen molar-refractivity contribution in [1.29, 1.82) is 0 Å². The molecule has 1 aliphatic rings. The molecule has 0 saturated heterocycles. The lowest BCUT2D eigenvalue weighted by atomic mass is 10.2. The summed E-state index contributed by atoms with van der Waals surface area (Å²) < 4.78 is 6.79. The highest BCUT2D eigenvalue weighted by Gasteiger charge is 2.21. The van der Waals surface area contributed by atoms with Crippen molar-refractivity contribution in [2.24, 2.45) is 0 Å². The first-order valence-corrected chi connectivity index (χ1v) is 7.65. The van der Waals surface area contributed by atoms with E-state index in [0.717, 1.165) is 11.9 Å². The minimum Gasteiger partial charge on any atom is -0.360 e. The van der Waals surface area contributed by atoms with Crippen molar-refractivity contribution in [3.05, 3.63) is 41.4 Å². The molecule has 2 aromatic heterocycles. The average molecular weight is 325 g/mol. The molecule has 24 heavy (non-hydrogen) atoms. The molecule has 0 bridgehead atoms. The van der Waals surface area contributed by atoms with E-state index in [1.165, 1.54) is 0 Å². The quantitative estimate of drug-likeness (QED) is 0.747. The maximum Gasteiger partial charge on any atom is 0.287 e. The van der Waals surface area contributed by atoms with Crippen LogP contribution in [-0.4, -0.2) is 33.1 Å². The summed E-state index contributed by atoms with van der Waals surface area (Å²) in [5.41, 5.74) is 1.93. The van der Waals surface area contributed by atoms with E-state index >= 15 is 0 Å². The first kappa shape index (κ1) is 14.4. The van der Waals surface area contributed by atoms with E-state index in [9.17, 15) is 9.59 Å². The molecule has 3 aromatic rings. The smallest absolute Gasteiger partial charge is 0.287 e. The first-order valence-electron chi connectivity index (χ1n) is 7.65. The number of aromatic nitrogens is 3. The number of fused-ring (bicyclic) bond motifs is 3. The maximum absolute atomic E-state index is 12.4. The summed E-state index contributed by atoms with van der Waals surface area (Å²) in [5.74, 6) is 0.885. The first-order chi connectivity index (χ1) is 11.6. The Morgan fingerprint density at radius 2 is 2.25 bits per heavy atom. The third kappa shape index (κ3) is 2.41. The predicted octanol–water partition coefficient (Wildman–Crippen LogP) is 1.72. The van der Waals surface area contributed by atoms with Crippen LogP contribution in [-0.2, 0) is 6.54 Å². The molecule has 0 radical (unpaired) electrons. The molecule has 0 unspecified atom stereocenters. The van der Waals surface area contributed by atoms with Gasteiger partial charge in [-0.25, -0.2) is 4.98 Å². The third-order valence-corrected chi connectivity index (χ3v) is 3.93. The van der Waals surface area contributed by atoms with E-state index in [4.69, 9.17) is 4.52 Å². The second-order valence-electron chi connectivity index (χ2n) is 5.68. The number of nitrogens with one attached hydrogen (secondary N) is 2. The van der Waals surface area contributed by atoms with Crippen molar-refractivity contribution in [2.45, 2.75) is 19.9 Å². The monoisotopic (exact) mass is 325 g/mol. The Morgan fingerprint density at radius 3 is 3.04 bits per heavy atom. The highest BCUT2D eigenvalue weighted by Crippen LogP contribution is 2.21. The molecular weight excluding hydrogens is 310 g/mol. The molecule has 3 heterocycles. The molecule has 8 nitrogen and oxygen atoms in total. The standard InChI is InChI=1S/C16H15N5O3/c1-9-7-13(20-24-9)19-15(22)10-3-4-11-12(8-10)21-6-2-5-17-16(23)14(21)18-11/h3-4,7-8H,2,5-6H2,1H3,(H,17,23)(H,19,20,22). The van der Waals surface area contributed by atoms with Crippen LogP contribution < -0.4 is 10.6 Å². The van der Waals surface area contributed by atoms with Crippen LogP contribution in [0.2, 0.25) is 0 Å². The van der Waals surface area contributed by atoms with Crippen molar-refractivity contribution in [3.63, 3.8) is 0 Å². The van der Waals surface area contributed by atoms with E-state index in [2.05, 4.69) is 20.8 Å². The van der Waals surface area contributed by atoms with Crippen LogP contribution in [0.1, 0.15) is 33.2 Å². The molecule has 0 saturated carbocycles. The van der Waals surface area contributed by atoms with Crippen LogP contribution in [0.4, 0.5) is 5.82 Å². The number of aryl methyl sites for hydroxylation is 2. The number of rotatable bonds is 2. The van der Waals surface area contributed by atoms with Crippen LogP contribution in [0, 0.1) is 6.92 Å². The van der Waals surface area contributed by atoms with Crippen molar-refractivity contribution in [1.82, 2.24) is 20.0 Å². The number of imidazole rings is 1. The fraction of sp³-hybridized carbons (Fsp3) is 0.250. The zero-order chi connectivity index (χ0) is 16.7. The van der Waals surface area contributed by atoms with Gasteiger partial charge in [-0.05, 0) is 31.5 Å². The number of amides is 2. The number of hydrogen-bond acceptors (Lipinski definition) is 5. The number of carbonyl (C=O) groups is 2. The zero-order valence-corrected chi connectivity index (χ0v) is 13.0. The van der Waals surface area contributed by atoms with E-state index in [0.29, 0.717) is 41.6 Å². The Labute approximate surface area is 136 Å². The van der Waals surface area contributed by atoms with Crippen LogP contribution in [0.15, 0.2) is 28.8 Å². The number of hydrogen-bond donors (Lipinski definition) is 2. The lowest BCUT2D eigenvalue weighted by Gasteiger charge is -2.05. The summed E-state index contributed by atoms with van der Waals surface area (Å²) >= 11 is 0. The van der Waals surface area contributed by atoms with Gasteiger partial charge >= 0.3 is 0 Å². The molecule has 1 aromatic carbocycles. The highest BCUT2D eigenvalue weighted by atomic mass is 16.5. The summed E-state index contributed by atoms with van der Waals surface area (Å²) in [6.07, 6.45) is 0.818. The van der Waals surface area contributed by atoms with Crippen molar-refractivity contribution in [2.75, 3.05) is 11.9 Å². The SMILES string of the molecule is Cc1cc(NC(=O)c2ccc3nc4n(c3c2)CCCNC4=O)no1. The summed E-state index contributed by atoms with van der Waals surface area (Å²) in [6.45, 7) is 3.05. The fourth-order valence-corrected chi connectivity index (χ4v) is 2.80. The van der Waals surface area contributed by atoms with Gasteiger partial charge in [-0.15, -0.1) is 0 Å². The van der Waals surface area contributed by atoms with Crippen LogP contribution in [0.3, 0.4) is 0 Å². The molecule has 0 fully saturated rings. The van der Waals surface area contributed by atoms with Gasteiger partial charge in [-0.2, -0.15) is 0 Å². The average Bonchev–Trinajstić information content (AvgIpc) is 3.09. The number of carbonyl (C=O) groups excluding carboxylic acids is 2. The Kier molecular flexibility index (Phi) is 3.30. The summed E-state index contributed by atoms with van der Waals surface area (Å²) in [6, 6.07) is 6.81. The highest BCUT2D eigenvalue weighted by molar-refractivity contribution is 6.06. The van der Waals surface area contributed by atoms with Crippen molar-refractivity contribution < 1.29 is 14.1 Å². The van der Waals surface area contributed by atoms with E-state index in [1.54, 1.807) is 31.2 Å². The fourth-order valence-electron chi connectivity index (χ4n) is 2.80. The van der Waals surface area contributed by atoms with Gasteiger partial charge in [0, 0.05) is 24.7 Å². The van der Waals surface area contributed by atoms with Gasteiger partial charge in [-0.1, -0.05) is 5.16 Å². The van der Waals surface area contributed by atoms with Gasteiger partial charge in [-0.3, -0.25) is 9.59 Å². The largest absolute Gasteiger partial charge is 0.360 e. The maximum atomic E-state index is 12.4. The normalized spacial score (nSPS) is 14.1. The lowest BCUT2D eigenvalue weighted by Crippen LogP contribution is -2.23. The predicted molar refractivity (Wildman–Crippen MR) is 85.9 cm³/mol. The molecule has 0 spiro atoms. The molecule has 0 atom stereocenters. The van der Waals surface area contributed by atoms with E-state index in [-0.39, 0.29) is 11.8 Å². The Hall–Kier alpha value is -3.16. The van der Waals surface area contributed by atoms with Crippen LogP contribution in [0.5, 0.6) is 0 Å². The minimum atomic E-state index is -0.293. The Balaban J connectivity index is 1.71. The van der Waals surface area contributed by atoms with Gasteiger partial charge < -0.3 is 19.7 Å². The van der Waals surface area contributed by atoms with Crippen LogP contribution in [0.25, 0.3) is 11.0 Å². The van der Waals surface area contributed by atoms with E-state index < -0.39 is 0 Å². The minimum absolute atomic E-state index is 0.187. The summed E-state index contributed by atoms with van der Waals surface area (Å²) in [5, 5.41) is 9.25. The van der Waals surface area contributed by atoms with Crippen LogP contribution >= 0.6 is 0 Å². The molecular formula is C16H15N5O3. The van der Waals surface area contributed by atoms with E-state index in [1.807, 2.05) is 4.57 Å². The summed E-state index contributed by atoms with van der Waals surface area (Å²) in [4.78, 5) is 28.8. The Bertz CT molecular complexity index is 956. The van der Waals surface area contributed by atoms with Gasteiger partial charge in [0.2, 0.25) is 0 Å². The molecule has 8 heteroatoms. The molecule has 0 aliphatic carbocycles. The van der Waals surface area contributed by atoms with Gasteiger partial charge in [0.1, 0.15) is 5.76 Å². The molecule has 2 N–H and O–H groups in total. The third-order valence-electron chi connectivity index (χ3n) is 3.93. The lowest BCUT2D eigenvalue weighted by molar-refractivity contribution is 0.0945. The van der Waals surface area contributed by atoms with Gasteiger partial charge in [0.15, 0.2) is 11.6 Å². The molecule has 122 valence electrons. The van der Waals surface area contributed by atoms with Gasteiger partial charge in [0.25, 0.3) is 11.8 Å². The second kappa shape index (κ2) is 5.48. The van der Waals surface area contributed by atoms with Crippen molar-refractivity contribution >= 4 is 28.7 Å². The molecule has 4 rings (SSSR count). The number of anilines is 1. The topological polar surface area (TPSA) is 102 Å². The summed E-state index contributed by atoms with van der Waals surface area (Å²) in [7, 11) is 0. The van der Waals surface area contributed by atoms with Gasteiger partial charge in [0.05, 0.1) is 11.0 Å². The molecule has 1 aliphatic heterocycles. The Morgan fingerprint density at radius 1 is 1.38 bits per heavy atom.